The van der Waals surface area contributed by atoms with Crippen LogP contribution in [0.1, 0.15) is 16.8 Å². The molecule has 0 bridgehead atoms. The predicted octanol–water partition coefficient (Wildman–Crippen LogP) is 2.53. The summed E-state index contributed by atoms with van der Waals surface area (Å²) in [4.78, 5) is 6.61. The lowest BCUT2D eigenvalue weighted by atomic mass is 10.1. The number of rotatable bonds is 5. The van der Waals surface area contributed by atoms with Crippen molar-refractivity contribution in [2.24, 2.45) is 5.73 Å². The number of hydrogen-bond donors (Lipinski definition) is 1. The van der Waals surface area contributed by atoms with E-state index in [9.17, 15) is 0 Å². The van der Waals surface area contributed by atoms with Crippen molar-refractivity contribution in [3.8, 4) is 0 Å². The average molecular weight is 255 g/mol. The molecule has 3 nitrogen and oxygen atoms in total. The molecule has 0 fully saturated rings. The maximum absolute atomic E-state index is 5.81. The zero-order valence-electron chi connectivity index (χ0n) is 11.6. The minimum Gasteiger partial charge on any atom is -0.374 e. The zero-order chi connectivity index (χ0) is 13.7. The van der Waals surface area contributed by atoms with Crippen LogP contribution < -0.4 is 10.6 Å². The van der Waals surface area contributed by atoms with E-state index in [0.29, 0.717) is 6.54 Å². The van der Waals surface area contributed by atoms with E-state index >= 15 is 0 Å². The molecule has 2 rings (SSSR count). The average Bonchev–Trinajstić information content (AvgIpc) is 2.46. The van der Waals surface area contributed by atoms with Crippen molar-refractivity contribution in [1.29, 1.82) is 0 Å². The van der Waals surface area contributed by atoms with Gasteiger partial charge in [0.05, 0.1) is 0 Å². The van der Waals surface area contributed by atoms with Crippen LogP contribution in [-0.2, 0) is 13.0 Å². The van der Waals surface area contributed by atoms with E-state index in [2.05, 4.69) is 48.1 Å². The van der Waals surface area contributed by atoms with Crippen LogP contribution in [0, 0.1) is 6.92 Å². The van der Waals surface area contributed by atoms with E-state index < -0.39 is 0 Å². The first-order valence-electron chi connectivity index (χ1n) is 6.61. The number of anilines is 1. The van der Waals surface area contributed by atoms with E-state index in [1.807, 2.05) is 18.3 Å². The third-order valence-corrected chi connectivity index (χ3v) is 3.30. The Morgan fingerprint density at radius 1 is 1.21 bits per heavy atom. The molecule has 0 spiro atoms. The Morgan fingerprint density at radius 2 is 2.05 bits per heavy atom. The molecule has 0 atom stereocenters. The van der Waals surface area contributed by atoms with E-state index in [-0.39, 0.29) is 0 Å². The van der Waals surface area contributed by atoms with Crippen LogP contribution in [-0.4, -0.2) is 18.6 Å². The van der Waals surface area contributed by atoms with Gasteiger partial charge in [0.15, 0.2) is 0 Å². The van der Waals surface area contributed by atoms with Crippen LogP contribution in [0.3, 0.4) is 0 Å². The maximum Gasteiger partial charge on any atom is 0.0421 e. The molecule has 2 N–H and O–H groups in total. The molecule has 0 aliphatic heterocycles. The molecule has 0 aliphatic carbocycles. The molecule has 0 aliphatic rings. The third-order valence-electron chi connectivity index (χ3n) is 3.30. The van der Waals surface area contributed by atoms with Crippen molar-refractivity contribution < 1.29 is 0 Å². The van der Waals surface area contributed by atoms with Crippen LogP contribution in [0.5, 0.6) is 0 Å². The first kappa shape index (κ1) is 13.6. The summed E-state index contributed by atoms with van der Waals surface area (Å²) in [6, 6.07) is 12.5. The van der Waals surface area contributed by atoms with Gasteiger partial charge in [-0.15, -0.1) is 0 Å². The summed E-state index contributed by atoms with van der Waals surface area (Å²) in [5.74, 6) is 0. The van der Waals surface area contributed by atoms with Gasteiger partial charge in [-0.2, -0.15) is 0 Å². The van der Waals surface area contributed by atoms with Crippen LogP contribution in [0.15, 0.2) is 42.6 Å². The summed E-state index contributed by atoms with van der Waals surface area (Å²) in [5, 5.41) is 0. The third kappa shape index (κ3) is 3.55. The Hall–Kier alpha value is -1.87. The van der Waals surface area contributed by atoms with Crippen molar-refractivity contribution in [2.45, 2.75) is 19.9 Å². The lowest BCUT2D eigenvalue weighted by Gasteiger charge is -2.22. The number of pyridine rings is 1. The van der Waals surface area contributed by atoms with Crippen LogP contribution in [0.2, 0.25) is 0 Å². The van der Waals surface area contributed by atoms with Gasteiger partial charge in [0.2, 0.25) is 0 Å². The number of nitrogens with two attached hydrogens (primary N) is 1. The van der Waals surface area contributed by atoms with Crippen molar-refractivity contribution in [3.63, 3.8) is 0 Å². The first-order valence-corrected chi connectivity index (χ1v) is 6.61. The van der Waals surface area contributed by atoms with Crippen LogP contribution >= 0.6 is 0 Å². The Kier molecular flexibility index (Phi) is 4.53. The number of hydrogen-bond acceptors (Lipinski definition) is 3. The highest BCUT2D eigenvalue weighted by atomic mass is 15.1. The lowest BCUT2D eigenvalue weighted by Crippen LogP contribution is -2.22. The number of likely N-dealkylation sites (N-methyl/N-ethyl adjacent to an activating group) is 1. The fraction of sp³-hybridized carbons (Fsp3) is 0.312. The van der Waals surface area contributed by atoms with E-state index in [0.717, 1.165) is 18.7 Å². The summed E-state index contributed by atoms with van der Waals surface area (Å²) in [6.45, 7) is 3.62. The van der Waals surface area contributed by atoms with Gasteiger partial charge >= 0.3 is 0 Å². The molecular weight excluding hydrogens is 234 g/mol. The highest BCUT2D eigenvalue weighted by molar-refractivity contribution is 5.55. The number of aromatic nitrogens is 1. The fourth-order valence-electron chi connectivity index (χ4n) is 2.15. The van der Waals surface area contributed by atoms with Gasteiger partial charge in [0, 0.05) is 44.1 Å². The highest BCUT2D eigenvalue weighted by Crippen LogP contribution is 2.21. The van der Waals surface area contributed by atoms with Crippen molar-refractivity contribution in [1.82, 2.24) is 4.98 Å². The van der Waals surface area contributed by atoms with Crippen molar-refractivity contribution >= 4 is 5.69 Å². The van der Waals surface area contributed by atoms with E-state index in [1.54, 1.807) is 0 Å². The minimum atomic E-state index is 0.573. The largest absolute Gasteiger partial charge is 0.374 e. The summed E-state index contributed by atoms with van der Waals surface area (Å²) >= 11 is 0. The zero-order valence-corrected chi connectivity index (χ0v) is 11.6. The Morgan fingerprint density at radius 3 is 2.74 bits per heavy atom. The molecule has 0 saturated heterocycles. The highest BCUT2D eigenvalue weighted by Gasteiger charge is 2.07. The molecule has 0 saturated carbocycles. The molecule has 2 aromatic rings. The minimum absolute atomic E-state index is 0.573. The van der Waals surface area contributed by atoms with Crippen molar-refractivity contribution in [3.05, 3.63) is 59.4 Å². The molecule has 19 heavy (non-hydrogen) atoms. The molecule has 1 aromatic carbocycles. The number of aryl methyl sites for hydroxylation is 1. The summed E-state index contributed by atoms with van der Waals surface area (Å²) in [7, 11) is 2.11. The Balaban J connectivity index is 2.07. The van der Waals surface area contributed by atoms with Crippen molar-refractivity contribution in [2.75, 3.05) is 18.5 Å². The Labute approximate surface area is 115 Å². The normalized spacial score (nSPS) is 10.5. The van der Waals surface area contributed by atoms with Gasteiger partial charge in [0.25, 0.3) is 0 Å². The first-order chi connectivity index (χ1) is 9.20. The lowest BCUT2D eigenvalue weighted by molar-refractivity contribution is 0.844. The molecule has 1 heterocycles. The van der Waals surface area contributed by atoms with Gasteiger partial charge in [-0.3, -0.25) is 4.98 Å². The molecule has 100 valence electrons. The quantitative estimate of drug-likeness (QED) is 0.892. The summed E-state index contributed by atoms with van der Waals surface area (Å²) in [6.07, 6.45) is 2.78. The fourth-order valence-corrected chi connectivity index (χ4v) is 2.15. The second-order valence-electron chi connectivity index (χ2n) is 4.83. The second kappa shape index (κ2) is 6.34. The number of nitrogens with zero attached hydrogens (tertiary/aromatic N) is 2. The van der Waals surface area contributed by atoms with Gasteiger partial charge in [-0.25, -0.2) is 0 Å². The smallest absolute Gasteiger partial charge is 0.0421 e. The topological polar surface area (TPSA) is 42.1 Å². The molecule has 3 heteroatoms. The summed E-state index contributed by atoms with van der Waals surface area (Å²) < 4.78 is 0. The monoisotopic (exact) mass is 255 g/mol. The Bertz CT molecular complexity index is 523. The number of benzene rings is 1. The SMILES string of the molecule is Cc1ccc(CN)c(N(C)CCc2ccccn2)c1. The van der Waals surface area contributed by atoms with E-state index in [1.165, 1.54) is 16.8 Å². The predicted molar refractivity (Wildman–Crippen MR) is 80.3 cm³/mol. The molecule has 0 radical (unpaired) electrons. The van der Waals surface area contributed by atoms with Crippen LogP contribution in [0.25, 0.3) is 0 Å². The second-order valence-corrected chi connectivity index (χ2v) is 4.83. The molecular formula is C16H21N3. The van der Waals surface area contributed by atoms with Gasteiger partial charge in [0.1, 0.15) is 0 Å². The van der Waals surface area contributed by atoms with Gasteiger partial charge < -0.3 is 10.6 Å². The van der Waals surface area contributed by atoms with Gasteiger partial charge in [-0.05, 0) is 36.2 Å². The standard InChI is InChI=1S/C16H21N3/c1-13-6-7-14(12-17)16(11-13)19(2)10-8-15-5-3-4-9-18-15/h3-7,9,11H,8,10,12,17H2,1-2H3. The van der Waals surface area contributed by atoms with E-state index in [4.69, 9.17) is 5.73 Å². The summed E-state index contributed by atoms with van der Waals surface area (Å²) in [5.41, 5.74) is 10.6. The molecule has 0 unspecified atom stereocenters. The van der Waals surface area contributed by atoms with Crippen LogP contribution in [0.4, 0.5) is 5.69 Å². The molecule has 1 aromatic heterocycles. The van der Waals surface area contributed by atoms with Gasteiger partial charge in [-0.1, -0.05) is 18.2 Å². The molecule has 0 amide bonds. The maximum atomic E-state index is 5.81.